The summed E-state index contributed by atoms with van der Waals surface area (Å²) in [5.74, 6) is 1.24. The van der Waals surface area contributed by atoms with E-state index in [1.807, 2.05) is 0 Å². The molecule has 1 unspecified atom stereocenters. The van der Waals surface area contributed by atoms with Crippen molar-refractivity contribution < 1.29 is 0 Å². The van der Waals surface area contributed by atoms with Gasteiger partial charge in [-0.15, -0.1) is 0 Å². The molecular formula is C15H22ClN3O. The quantitative estimate of drug-likeness (QED) is 0.908. The molecule has 0 amide bonds. The van der Waals surface area contributed by atoms with Gasteiger partial charge >= 0.3 is 0 Å². The molecule has 1 atom stereocenters. The predicted molar refractivity (Wildman–Crippen MR) is 81.2 cm³/mol. The summed E-state index contributed by atoms with van der Waals surface area (Å²) in [6, 6.07) is 0. The molecule has 0 radical (unpaired) electrons. The molecule has 4 nitrogen and oxygen atoms in total. The van der Waals surface area contributed by atoms with E-state index in [-0.39, 0.29) is 5.56 Å². The van der Waals surface area contributed by atoms with Gasteiger partial charge in [0.2, 0.25) is 0 Å². The van der Waals surface area contributed by atoms with Gasteiger partial charge in [-0.25, -0.2) is 4.68 Å². The molecule has 2 aliphatic carbocycles. The van der Waals surface area contributed by atoms with Gasteiger partial charge in [0.05, 0.1) is 11.2 Å². The van der Waals surface area contributed by atoms with Crippen molar-refractivity contribution in [2.45, 2.75) is 46.1 Å². The van der Waals surface area contributed by atoms with Crippen molar-refractivity contribution in [1.82, 2.24) is 9.78 Å². The molecule has 1 heterocycles. The second kappa shape index (κ2) is 5.06. The van der Waals surface area contributed by atoms with E-state index in [4.69, 9.17) is 11.6 Å². The van der Waals surface area contributed by atoms with Crippen LogP contribution in [0.1, 0.15) is 39.5 Å². The van der Waals surface area contributed by atoms with Gasteiger partial charge in [0, 0.05) is 13.1 Å². The third-order valence-electron chi connectivity index (χ3n) is 4.90. The molecule has 5 heteroatoms. The Morgan fingerprint density at radius 2 is 2.20 bits per heavy atom. The maximum absolute atomic E-state index is 12.4. The molecule has 2 aliphatic rings. The van der Waals surface area contributed by atoms with Crippen LogP contribution in [-0.2, 0) is 6.54 Å². The average Bonchev–Trinajstić information content (AvgIpc) is 2.93. The number of nitrogens with one attached hydrogen (secondary N) is 1. The molecule has 20 heavy (non-hydrogen) atoms. The summed E-state index contributed by atoms with van der Waals surface area (Å²) in [6.07, 6.45) is 6.47. The Kier molecular flexibility index (Phi) is 3.53. The lowest BCUT2D eigenvalue weighted by Crippen LogP contribution is -2.31. The van der Waals surface area contributed by atoms with Gasteiger partial charge in [0.25, 0.3) is 5.56 Å². The zero-order valence-electron chi connectivity index (χ0n) is 12.2. The summed E-state index contributed by atoms with van der Waals surface area (Å²) in [5, 5.41) is 7.84. The van der Waals surface area contributed by atoms with Crippen molar-refractivity contribution in [2.24, 2.45) is 17.3 Å². The zero-order valence-corrected chi connectivity index (χ0v) is 12.9. The van der Waals surface area contributed by atoms with Crippen molar-refractivity contribution in [1.29, 1.82) is 0 Å². The van der Waals surface area contributed by atoms with E-state index >= 15 is 0 Å². The molecule has 2 saturated carbocycles. The van der Waals surface area contributed by atoms with Crippen LogP contribution in [0.25, 0.3) is 0 Å². The minimum Gasteiger partial charge on any atom is -0.379 e. The molecule has 0 bridgehead atoms. The monoisotopic (exact) mass is 295 g/mol. The molecule has 0 spiro atoms. The van der Waals surface area contributed by atoms with E-state index in [1.165, 1.54) is 25.7 Å². The van der Waals surface area contributed by atoms with Gasteiger partial charge in [-0.05, 0) is 36.5 Å². The van der Waals surface area contributed by atoms with Gasteiger partial charge in [0.15, 0.2) is 0 Å². The first-order valence-corrected chi connectivity index (χ1v) is 7.84. The Balaban J connectivity index is 1.71. The summed E-state index contributed by atoms with van der Waals surface area (Å²) in [5.41, 5.74) is 0.837. The highest BCUT2D eigenvalue weighted by atomic mass is 35.5. The summed E-state index contributed by atoms with van der Waals surface area (Å²) >= 11 is 6.12. The Morgan fingerprint density at radius 3 is 2.75 bits per heavy atom. The first-order chi connectivity index (χ1) is 9.47. The second-order valence-electron chi connectivity index (χ2n) is 6.92. The van der Waals surface area contributed by atoms with Gasteiger partial charge in [0.1, 0.15) is 5.69 Å². The molecular weight excluding hydrogens is 274 g/mol. The fourth-order valence-electron chi connectivity index (χ4n) is 2.83. The third kappa shape index (κ3) is 2.71. The van der Waals surface area contributed by atoms with E-state index in [0.29, 0.717) is 28.0 Å². The summed E-state index contributed by atoms with van der Waals surface area (Å²) < 4.78 is 1.57. The van der Waals surface area contributed by atoms with E-state index in [2.05, 4.69) is 24.3 Å². The van der Waals surface area contributed by atoms with Crippen molar-refractivity contribution in [3.63, 3.8) is 0 Å². The minimum absolute atomic E-state index is 0.0807. The van der Waals surface area contributed by atoms with Crippen LogP contribution in [0, 0.1) is 17.3 Å². The number of halogens is 1. The predicted octanol–water partition coefficient (Wildman–Crippen LogP) is 3.15. The molecule has 1 aromatic rings. The van der Waals surface area contributed by atoms with Crippen LogP contribution in [-0.4, -0.2) is 16.3 Å². The van der Waals surface area contributed by atoms with Gasteiger partial charge in [-0.1, -0.05) is 31.9 Å². The Morgan fingerprint density at radius 1 is 1.50 bits per heavy atom. The molecule has 110 valence electrons. The fourth-order valence-corrected chi connectivity index (χ4v) is 3.02. The van der Waals surface area contributed by atoms with Crippen molar-refractivity contribution in [3.05, 3.63) is 21.6 Å². The normalized spacial score (nSPS) is 24.2. The highest BCUT2D eigenvalue weighted by Crippen LogP contribution is 2.51. The Hall–Kier alpha value is -1.03. The first kappa shape index (κ1) is 13.9. The van der Waals surface area contributed by atoms with E-state index < -0.39 is 0 Å². The van der Waals surface area contributed by atoms with E-state index in [9.17, 15) is 4.79 Å². The molecule has 0 saturated heterocycles. The maximum atomic E-state index is 12.4. The Labute approximate surface area is 124 Å². The number of hydrogen-bond donors (Lipinski definition) is 1. The standard InChI is InChI=1S/C15H22ClN3O/c1-15(2)6-11(15)7-17-13-12(16)8-18-19(14(13)20)9-10-4-3-5-10/h8,10-11,17H,3-7,9H2,1-2H3. The molecule has 1 N–H and O–H groups in total. The van der Waals surface area contributed by atoms with Crippen LogP contribution in [0.5, 0.6) is 0 Å². The number of hydrogen-bond acceptors (Lipinski definition) is 3. The van der Waals surface area contributed by atoms with Gasteiger partial charge in [-0.2, -0.15) is 5.10 Å². The lowest BCUT2D eigenvalue weighted by molar-refractivity contribution is 0.262. The Bertz CT molecular complexity index is 563. The lowest BCUT2D eigenvalue weighted by atomic mass is 9.85. The van der Waals surface area contributed by atoms with Crippen LogP contribution in [0.15, 0.2) is 11.0 Å². The van der Waals surface area contributed by atoms with Crippen molar-refractivity contribution in [2.75, 3.05) is 11.9 Å². The van der Waals surface area contributed by atoms with Crippen molar-refractivity contribution >= 4 is 17.3 Å². The smallest absolute Gasteiger partial charge is 0.291 e. The number of aromatic nitrogens is 2. The summed E-state index contributed by atoms with van der Waals surface area (Å²) in [7, 11) is 0. The van der Waals surface area contributed by atoms with E-state index in [1.54, 1.807) is 10.9 Å². The molecule has 3 rings (SSSR count). The zero-order chi connectivity index (χ0) is 14.3. The van der Waals surface area contributed by atoms with Crippen LogP contribution in [0.2, 0.25) is 5.02 Å². The maximum Gasteiger partial charge on any atom is 0.291 e. The van der Waals surface area contributed by atoms with Crippen LogP contribution >= 0.6 is 11.6 Å². The van der Waals surface area contributed by atoms with Crippen LogP contribution in [0.3, 0.4) is 0 Å². The molecule has 0 aromatic carbocycles. The van der Waals surface area contributed by atoms with Gasteiger partial charge in [-0.3, -0.25) is 4.79 Å². The number of nitrogens with zero attached hydrogens (tertiary/aromatic N) is 2. The number of rotatable bonds is 5. The summed E-state index contributed by atoms with van der Waals surface area (Å²) in [4.78, 5) is 12.4. The topological polar surface area (TPSA) is 46.9 Å². The first-order valence-electron chi connectivity index (χ1n) is 7.47. The second-order valence-corrected chi connectivity index (χ2v) is 7.33. The molecule has 1 aromatic heterocycles. The largest absolute Gasteiger partial charge is 0.379 e. The average molecular weight is 296 g/mol. The minimum atomic E-state index is -0.0807. The highest BCUT2D eigenvalue weighted by Gasteiger charge is 2.45. The SMILES string of the molecule is CC1(C)CC1CNc1c(Cl)cnn(CC2CCC2)c1=O. The van der Waals surface area contributed by atoms with Gasteiger partial charge < -0.3 is 5.32 Å². The van der Waals surface area contributed by atoms with Crippen molar-refractivity contribution in [3.8, 4) is 0 Å². The highest BCUT2D eigenvalue weighted by molar-refractivity contribution is 6.32. The molecule has 2 fully saturated rings. The third-order valence-corrected chi connectivity index (χ3v) is 5.18. The fraction of sp³-hybridized carbons (Fsp3) is 0.733. The molecule has 0 aliphatic heterocycles. The van der Waals surface area contributed by atoms with Crippen LogP contribution in [0.4, 0.5) is 5.69 Å². The lowest BCUT2D eigenvalue weighted by Gasteiger charge is -2.25. The van der Waals surface area contributed by atoms with E-state index in [0.717, 1.165) is 13.1 Å². The summed E-state index contributed by atoms with van der Waals surface area (Å²) in [6.45, 7) is 6.04. The van der Waals surface area contributed by atoms with Crippen LogP contribution < -0.4 is 10.9 Å². The number of anilines is 1.